The van der Waals surface area contributed by atoms with E-state index in [2.05, 4.69) is 13.8 Å². The van der Waals surface area contributed by atoms with Crippen molar-refractivity contribution < 1.29 is 0 Å². The van der Waals surface area contributed by atoms with Crippen molar-refractivity contribution in [3.8, 4) is 0 Å². The van der Waals surface area contributed by atoms with Gasteiger partial charge in [-0.05, 0) is 36.5 Å². The van der Waals surface area contributed by atoms with Gasteiger partial charge in [-0.2, -0.15) is 0 Å². The summed E-state index contributed by atoms with van der Waals surface area (Å²) in [7, 11) is 0. The molecule has 3 atom stereocenters. The molecule has 2 saturated carbocycles. The third-order valence-electron chi connectivity index (χ3n) is 4.49. The van der Waals surface area contributed by atoms with Crippen molar-refractivity contribution in [1.82, 2.24) is 0 Å². The smallest absolute Gasteiger partial charge is 0.0355 e. The molecule has 0 aromatic rings. The summed E-state index contributed by atoms with van der Waals surface area (Å²) in [5, 5.41) is 0. The van der Waals surface area contributed by atoms with Gasteiger partial charge in [0.1, 0.15) is 0 Å². The van der Waals surface area contributed by atoms with Gasteiger partial charge in [0.05, 0.1) is 0 Å². The van der Waals surface area contributed by atoms with Crippen molar-refractivity contribution in [3.05, 3.63) is 0 Å². The molecule has 0 aromatic carbocycles. The average Bonchev–Trinajstić information content (AvgIpc) is 2.17. The minimum atomic E-state index is 0.936. The summed E-state index contributed by atoms with van der Waals surface area (Å²) in [6.45, 7) is 4.86. The van der Waals surface area contributed by atoms with Gasteiger partial charge in [0.15, 0.2) is 0 Å². The molecule has 2 rings (SSSR count). The Labute approximate surface area is 83.1 Å². The Morgan fingerprint density at radius 1 is 0.846 bits per heavy atom. The van der Waals surface area contributed by atoms with Crippen LogP contribution in [0.1, 0.15) is 58.8 Å². The molecule has 0 nitrogen and oxygen atoms in total. The maximum Gasteiger partial charge on any atom is -0.0355 e. The molecule has 3 unspecified atom stereocenters. The second-order valence-corrected chi connectivity index (χ2v) is 5.55. The molecule has 0 N–H and O–H groups in total. The third kappa shape index (κ3) is 1.92. The van der Waals surface area contributed by atoms with Crippen LogP contribution in [-0.2, 0) is 0 Å². The first-order valence-electron chi connectivity index (χ1n) is 6.29. The van der Waals surface area contributed by atoms with E-state index in [1.54, 1.807) is 19.3 Å². The summed E-state index contributed by atoms with van der Waals surface area (Å²) in [5.41, 5.74) is 0. The normalized spacial score (nSPS) is 40.4. The Hall–Kier alpha value is 0. The van der Waals surface area contributed by atoms with Gasteiger partial charge >= 0.3 is 0 Å². The Morgan fingerprint density at radius 2 is 1.54 bits per heavy atom. The number of hydrogen-bond donors (Lipinski definition) is 0. The van der Waals surface area contributed by atoms with Crippen molar-refractivity contribution >= 4 is 0 Å². The lowest BCUT2D eigenvalue weighted by atomic mass is 9.63. The molecule has 2 aliphatic carbocycles. The minimum absolute atomic E-state index is 0.936. The number of fused-ring (bicyclic) bond motifs is 1. The lowest BCUT2D eigenvalue weighted by molar-refractivity contribution is 0.0747. The largest absolute Gasteiger partial charge is 0.0625 e. The predicted octanol–water partition coefficient (Wildman–Crippen LogP) is 4.25. The first-order chi connectivity index (χ1) is 6.29. The molecule has 0 heteroatoms. The van der Waals surface area contributed by atoms with E-state index in [1.165, 1.54) is 25.7 Å². The van der Waals surface area contributed by atoms with Crippen LogP contribution in [0.3, 0.4) is 0 Å². The topological polar surface area (TPSA) is 0 Å². The van der Waals surface area contributed by atoms with E-state index < -0.39 is 0 Å². The molecule has 2 aliphatic rings. The van der Waals surface area contributed by atoms with Gasteiger partial charge in [-0.3, -0.25) is 0 Å². The first-order valence-corrected chi connectivity index (χ1v) is 6.29. The fourth-order valence-corrected chi connectivity index (χ4v) is 3.82. The van der Waals surface area contributed by atoms with E-state index >= 15 is 0 Å². The van der Waals surface area contributed by atoms with E-state index in [0.717, 1.165) is 23.7 Å². The van der Waals surface area contributed by atoms with Crippen molar-refractivity contribution in [2.75, 3.05) is 0 Å². The molecule has 0 heterocycles. The molecule has 13 heavy (non-hydrogen) atoms. The van der Waals surface area contributed by atoms with E-state index in [4.69, 9.17) is 0 Å². The maximum atomic E-state index is 2.43. The highest BCUT2D eigenvalue weighted by Crippen LogP contribution is 2.46. The minimum Gasteiger partial charge on any atom is -0.0625 e. The van der Waals surface area contributed by atoms with Gasteiger partial charge in [0.25, 0.3) is 0 Å². The lowest BCUT2D eigenvalue weighted by Gasteiger charge is -2.43. The fourth-order valence-electron chi connectivity index (χ4n) is 3.82. The lowest BCUT2D eigenvalue weighted by Crippen LogP contribution is -2.33. The van der Waals surface area contributed by atoms with Crippen LogP contribution in [0.25, 0.3) is 0 Å². The highest BCUT2D eigenvalue weighted by molar-refractivity contribution is 4.86. The monoisotopic (exact) mass is 180 g/mol. The second-order valence-electron chi connectivity index (χ2n) is 5.55. The zero-order chi connectivity index (χ0) is 9.26. The molecule has 0 amide bonds. The van der Waals surface area contributed by atoms with Gasteiger partial charge in [0, 0.05) is 0 Å². The zero-order valence-electron chi connectivity index (χ0n) is 9.26. The predicted molar refractivity (Wildman–Crippen MR) is 57.6 cm³/mol. The van der Waals surface area contributed by atoms with Gasteiger partial charge < -0.3 is 0 Å². The van der Waals surface area contributed by atoms with Crippen LogP contribution < -0.4 is 0 Å². The van der Waals surface area contributed by atoms with Gasteiger partial charge in [0.2, 0.25) is 0 Å². The quantitative estimate of drug-likeness (QED) is 0.566. The molecule has 0 aliphatic heterocycles. The molecule has 0 saturated heterocycles. The summed E-state index contributed by atoms with van der Waals surface area (Å²) in [6, 6.07) is 0. The molecule has 0 radical (unpaired) electrons. The average molecular weight is 180 g/mol. The molecule has 2 fully saturated rings. The van der Waals surface area contributed by atoms with E-state index in [1.807, 2.05) is 0 Å². The number of hydrogen-bond acceptors (Lipinski definition) is 0. The van der Waals surface area contributed by atoms with E-state index in [-0.39, 0.29) is 0 Å². The van der Waals surface area contributed by atoms with Crippen molar-refractivity contribution in [1.29, 1.82) is 0 Å². The molecule has 0 spiro atoms. The summed E-state index contributed by atoms with van der Waals surface area (Å²) in [4.78, 5) is 0. The molecular weight excluding hydrogens is 156 g/mol. The van der Waals surface area contributed by atoms with Crippen LogP contribution >= 0.6 is 0 Å². The van der Waals surface area contributed by atoms with Crippen molar-refractivity contribution in [2.24, 2.45) is 23.7 Å². The second kappa shape index (κ2) is 4.02. The summed E-state index contributed by atoms with van der Waals surface area (Å²) in [5.74, 6) is 4.24. The van der Waals surface area contributed by atoms with E-state index in [0.29, 0.717) is 0 Å². The van der Waals surface area contributed by atoms with Crippen molar-refractivity contribution in [2.45, 2.75) is 58.8 Å². The molecule has 0 aromatic heterocycles. The highest BCUT2D eigenvalue weighted by atomic mass is 14.4. The Kier molecular flexibility index (Phi) is 2.96. The standard InChI is InChI=1S/C13H24/c1-10(2)12-9-5-7-11-6-3-4-8-13(11)12/h10-13H,3-9H2,1-2H3. The maximum absolute atomic E-state index is 2.43. The summed E-state index contributed by atoms with van der Waals surface area (Å²) < 4.78 is 0. The number of rotatable bonds is 1. The van der Waals surface area contributed by atoms with Crippen LogP contribution in [0.4, 0.5) is 0 Å². The van der Waals surface area contributed by atoms with Gasteiger partial charge in [-0.1, -0.05) is 46.0 Å². The molecule has 76 valence electrons. The first kappa shape index (κ1) is 9.55. The Bertz CT molecular complexity index is 157. The van der Waals surface area contributed by atoms with E-state index in [9.17, 15) is 0 Å². The fraction of sp³-hybridized carbons (Fsp3) is 1.00. The van der Waals surface area contributed by atoms with Crippen LogP contribution in [0.5, 0.6) is 0 Å². The van der Waals surface area contributed by atoms with Gasteiger partial charge in [-0.15, -0.1) is 0 Å². The van der Waals surface area contributed by atoms with Gasteiger partial charge in [-0.25, -0.2) is 0 Å². The van der Waals surface area contributed by atoms with Crippen LogP contribution in [0.15, 0.2) is 0 Å². The van der Waals surface area contributed by atoms with Crippen molar-refractivity contribution in [3.63, 3.8) is 0 Å². The van der Waals surface area contributed by atoms with Crippen LogP contribution in [0.2, 0.25) is 0 Å². The summed E-state index contributed by atoms with van der Waals surface area (Å²) >= 11 is 0. The zero-order valence-corrected chi connectivity index (χ0v) is 9.26. The van der Waals surface area contributed by atoms with Crippen LogP contribution in [0, 0.1) is 23.7 Å². The Morgan fingerprint density at radius 3 is 2.31 bits per heavy atom. The SMILES string of the molecule is CC(C)C1CCCC2CCCCC21. The molecule has 0 bridgehead atoms. The third-order valence-corrected chi connectivity index (χ3v) is 4.49. The highest BCUT2D eigenvalue weighted by Gasteiger charge is 2.35. The Balaban J connectivity index is 2.02. The van der Waals surface area contributed by atoms with Crippen LogP contribution in [-0.4, -0.2) is 0 Å². The molecular formula is C13H24. The summed E-state index contributed by atoms with van der Waals surface area (Å²) in [6.07, 6.45) is 10.7.